The molecule has 0 aromatic heterocycles. The van der Waals surface area contributed by atoms with E-state index in [2.05, 4.69) is 13.8 Å². The van der Waals surface area contributed by atoms with Crippen molar-refractivity contribution in [2.45, 2.75) is 26.3 Å². The van der Waals surface area contributed by atoms with Crippen LogP contribution in [0.5, 0.6) is 5.75 Å². The van der Waals surface area contributed by atoms with Crippen molar-refractivity contribution >= 4 is 40.7 Å². The lowest BCUT2D eigenvalue weighted by Gasteiger charge is -2.26. The smallest absolute Gasteiger partial charge is 0.295 e. The number of amides is 1. The minimum atomic E-state index is -0.816. The zero-order chi connectivity index (χ0) is 25.0. The number of likely N-dealkylation sites (tertiary alicyclic amines) is 1. The normalized spacial score (nSPS) is 17.8. The first kappa shape index (κ1) is 26.1. The van der Waals surface area contributed by atoms with Gasteiger partial charge in [-0.15, -0.1) is 0 Å². The highest BCUT2D eigenvalue weighted by atomic mass is 35.5. The van der Waals surface area contributed by atoms with Crippen molar-refractivity contribution in [3.05, 3.63) is 69.2 Å². The van der Waals surface area contributed by atoms with Crippen LogP contribution < -0.4 is 4.74 Å². The van der Waals surface area contributed by atoms with Crippen molar-refractivity contribution < 1.29 is 19.4 Å². The molecule has 1 aliphatic heterocycles. The minimum Gasteiger partial charge on any atom is -0.507 e. The number of rotatable bonds is 9. The molecule has 1 N–H and O–H groups in total. The first-order valence-electron chi connectivity index (χ1n) is 11.2. The zero-order valence-electron chi connectivity index (χ0n) is 19.8. The van der Waals surface area contributed by atoms with Gasteiger partial charge in [0.05, 0.1) is 18.2 Å². The summed E-state index contributed by atoms with van der Waals surface area (Å²) in [6.45, 7) is 5.75. The van der Waals surface area contributed by atoms with E-state index in [1.54, 1.807) is 42.5 Å². The molecule has 0 spiro atoms. The lowest BCUT2D eigenvalue weighted by molar-refractivity contribution is -0.139. The van der Waals surface area contributed by atoms with Gasteiger partial charge in [0.25, 0.3) is 11.7 Å². The Bertz CT molecular complexity index is 1080. The summed E-state index contributed by atoms with van der Waals surface area (Å²) in [7, 11) is 3.88. The average Bonchev–Trinajstić information content (AvgIpc) is 3.02. The SMILES string of the molecule is CC(C)COc1ccc(/C(O)=C2\C(=O)C(=O)N(CCCN(C)C)[C@@H]2c2ccc(Cl)cc2Cl)cc1. The summed E-state index contributed by atoms with van der Waals surface area (Å²) in [6, 6.07) is 10.9. The first-order chi connectivity index (χ1) is 16.1. The van der Waals surface area contributed by atoms with Crippen molar-refractivity contribution in [2.24, 2.45) is 5.92 Å². The second kappa shape index (κ2) is 11.3. The van der Waals surface area contributed by atoms with Crippen molar-refractivity contribution in [1.29, 1.82) is 0 Å². The third-order valence-corrected chi connectivity index (χ3v) is 6.07. The fourth-order valence-electron chi connectivity index (χ4n) is 3.84. The van der Waals surface area contributed by atoms with E-state index in [0.29, 0.717) is 52.4 Å². The first-order valence-corrected chi connectivity index (χ1v) is 12.0. The molecular weight excluding hydrogens is 475 g/mol. The van der Waals surface area contributed by atoms with Crippen LogP contribution in [0.4, 0.5) is 0 Å². The third-order valence-electron chi connectivity index (χ3n) is 5.51. The maximum absolute atomic E-state index is 13.1. The highest BCUT2D eigenvalue weighted by Crippen LogP contribution is 2.42. The molecule has 2 aromatic carbocycles. The van der Waals surface area contributed by atoms with Crippen molar-refractivity contribution in [2.75, 3.05) is 33.8 Å². The number of aliphatic hydroxyl groups excluding tert-OH is 1. The Morgan fingerprint density at radius 3 is 2.38 bits per heavy atom. The topological polar surface area (TPSA) is 70.1 Å². The van der Waals surface area contributed by atoms with Crippen LogP contribution in [0.1, 0.15) is 37.4 Å². The van der Waals surface area contributed by atoms with Gasteiger partial charge in [0.2, 0.25) is 0 Å². The molecule has 0 aliphatic carbocycles. The summed E-state index contributed by atoms with van der Waals surface area (Å²) in [6.07, 6.45) is 0.656. The van der Waals surface area contributed by atoms with E-state index in [1.807, 2.05) is 19.0 Å². The van der Waals surface area contributed by atoms with Gasteiger partial charge in [-0.25, -0.2) is 0 Å². The highest BCUT2D eigenvalue weighted by molar-refractivity contribution is 6.47. The number of carbonyl (C=O) groups is 2. The summed E-state index contributed by atoms with van der Waals surface area (Å²) < 4.78 is 5.70. The molecule has 3 rings (SSSR count). The van der Waals surface area contributed by atoms with Crippen LogP contribution in [0.15, 0.2) is 48.0 Å². The molecule has 1 atom stereocenters. The van der Waals surface area contributed by atoms with E-state index >= 15 is 0 Å². The number of hydrogen-bond acceptors (Lipinski definition) is 5. The highest BCUT2D eigenvalue weighted by Gasteiger charge is 2.46. The molecule has 0 unspecified atom stereocenters. The maximum atomic E-state index is 13.1. The summed E-state index contributed by atoms with van der Waals surface area (Å²) >= 11 is 12.6. The zero-order valence-corrected chi connectivity index (χ0v) is 21.4. The Kier molecular flexibility index (Phi) is 8.63. The number of halogens is 2. The van der Waals surface area contributed by atoms with Gasteiger partial charge in [-0.3, -0.25) is 9.59 Å². The quantitative estimate of drug-likeness (QED) is 0.281. The van der Waals surface area contributed by atoms with E-state index in [-0.39, 0.29) is 11.3 Å². The number of ketones is 1. The standard InChI is InChI=1S/C26H30Cl2N2O4/c1-16(2)15-34-19-9-6-17(7-10-19)24(31)22-23(20-11-8-18(27)14-21(20)28)30(26(33)25(22)32)13-5-12-29(3)4/h6-11,14,16,23,31H,5,12-13,15H2,1-4H3/b24-22+/t23-/m1/s1. The largest absolute Gasteiger partial charge is 0.507 e. The molecule has 1 fully saturated rings. The van der Waals surface area contributed by atoms with Gasteiger partial charge >= 0.3 is 0 Å². The van der Waals surface area contributed by atoms with Gasteiger partial charge in [0, 0.05) is 22.2 Å². The van der Waals surface area contributed by atoms with E-state index < -0.39 is 17.7 Å². The van der Waals surface area contributed by atoms with Crippen LogP contribution in [0.2, 0.25) is 10.0 Å². The van der Waals surface area contributed by atoms with Gasteiger partial charge in [-0.2, -0.15) is 0 Å². The van der Waals surface area contributed by atoms with Gasteiger partial charge in [0.1, 0.15) is 11.5 Å². The number of carbonyl (C=O) groups excluding carboxylic acids is 2. The summed E-state index contributed by atoms with van der Waals surface area (Å²) in [5.41, 5.74) is 0.960. The van der Waals surface area contributed by atoms with Crippen LogP contribution in [0, 0.1) is 5.92 Å². The van der Waals surface area contributed by atoms with Crippen LogP contribution in [0.3, 0.4) is 0 Å². The van der Waals surface area contributed by atoms with Crippen molar-refractivity contribution in [3.8, 4) is 5.75 Å². The van der Waals surface area contributed by atoms with Crippen LogP contribution >= 0.6 is 23.2 Å². The number of nitrogens with zero attached hydrogens (tertiary/aromatic N) is 2. The van der Waals surface area contributed by atoms with E-state index in [0.717, 1.165) is 6.54 Å². The molecule has 0 bridgehead atoms. The molecule has 0 radical (unpaired) electrons. The van der Waals surface area contributed by atoms with Crippen molar-refractivity contribution in [3.63, 3.8) is 0 Å². The molecule has 2 aromatic rings. The average molecular weight is 505 g/mol. The molecule has 34 heavy (non-hydrogen) atoms. The molecule has 1 saturated heterocycles. The lowest BCUT2D eigenvalue weighted by atomic mass is 9.95. The molecule has 1 heterocycles. The lowest BCUT2D eigenvalue weighted by Crippen LogP contribution is -2.32. The summed E-state index contributed by atoms with van der Waals surface area (Å²) in [4.78, 5) is 29.6. The number of aliphatic hydroxyl groups is 1. The maximum Gasteiger partial charge on any atom is 0.295 e. The number of benzene rings is 2. The number of hydrogen-bond donors (Lipinski definition) is 1. The molecular formula is C26H30Cl2N2O4. The van der Waals surface area contributed by atoms with E-state index in [9.17, 15) is 14.7 Å². The monoisotopic (exact) mass is 504 g/mol. The molecule has 6 nitrogen and oxygen atoms in total. The predicted octanol–water partition coefficient (Wildman–Crippen LogP) is 5.40. The van der Waals surface area contributed by atoms with E-state index in [4.69, 9.17) is 27.9 Å². The van der Waals surface area contributed by atoms with Gasteiger partial charge in [-0.1, -0.05) is 43.1 Å². The van der Waals surface area contributed by atoms with Crippen LogP contribution in [-0.2, 0) is 9.59 Å². The van der Waals surface area contributed by atoms with Crippen LogP contribution in [-0.4, -0.2) is 60.4 Å². The summed E-state index contributed by atoms with van der Waals surface area (Å²) in [5, 5.41) is 11.9. The van der Waals surface area contributed by atoms with Crippen LogP contribution in [0.25, 0.3) is 5.76 Å². The van der Waals surface area contributed by atoms with Gasteiger partial charge < -0.3 is 19.6 Å². The number of Topliss-reactive ketones (excluding diaryl/α,β-unsaturated/α-hetero) is 1. The fraction of sp³-hybridized carbons (Fsp3) is 0.385. The third kappa shape index (κ3) is 5.93. The fourth-order valence-corrected chi connectivity index (χ4v) is 4.35. The second-order valence-corrected chi connectivity index (χ2v) is 9.89. The Morgan fingerprint density at radius 2 is 1.79 bits per heavy atom. The predicted molar refractivity (Wildman–Crippen MR) is 135 cm³/mol. The number of ether oxygens (including phenoxy) is 1. The van der Waals surface area contributed by atoms with Gasteiger partial charge in [-0.05, 0) is 74.9 Å². The molecule has 182 valence electrons. The molecule has 0 saturated carbocycles. The second-order valence-electron chi connectivity index (χ2n) is 9.04. The molecule has 1 amide bonds. The summed E-state index contributed by atoms with van der Waals surface area (Å²) in [5.74, 6) is -0.612. The van der Waals surface area contributed by atoms with Crippen molar-refractivity contribution in [1.82, 2.24) is 9.80 Å². The molecule has 8 heteroatoms. The molecule has 1 aliphatic rings. The Hall–Kier alpha value is -2.54. The van der Waals surface area contributed by atoms with Gasteiger partial charge in [0.15, 0.2) is 0 Å². The Morgan fingerprint density at radius 1 is 1.12 bits per heavy atom. The minimum absolute atomic E-state index is 0.00919. The van der Waals surface area contributed by atoms with E-state index in [1.165, 1.54) is 4.90 Å². The Balaban J connectivity index is 2.04. The Labute approximate surface area is 210 Å².